The molecule has 0 spiro atoms. The number of nitrogens with one attached hydrogen (secondary N) is 1. The van der Waals surface area contributed by atoms with Crippen LogP contribution in [0, 0.1) is 13.8 Å². The van der Waals surface area contributed by atoms with Crippen molar-refractivity contribution in [3.63, 3.8) is 0 Å². The molecule has 0 aliphatic carbocycles. The van der Waals surface area contributed by atoms with E-state index in [4.69, 9.17) is 9.88 Å². The topological polar surface area (TPSA) is 98.1 Å². The van der Waals surface area contributed by atoms with Crippen LogP contribution in [0.3, 0.4) is 0 Å². The van der Waals surface area contributed by atoms with E-state index in [2.05, 4.69) is 10.2 Å². The molecule has 0 bridgehead atoms. The molecule has 0 unspecified atom stereocenters. The molecule has 0 amide bonds. The maximum Gasteiger partial charge on any atom is 0.238 e. The van der Waals surface area contributed by atoms with E-state index in [1.165, 1.54) is 6.07 Å². The van der Waals surface area contributed by atoms with Crippen molar-refractivity contribution >= 4 is 10.0 Å². The Morgan fingerprint density at radius 3 is 2.32 bits per heavy atom. The third kappa shape index (κ3) is 3.16. The molecular weight excluding hydrogens is 338 g/mol. The second-order valence-corrected chi connectivity index (χ2v) is 7.37. The lowest BCUT2D eigenvalue weighted by molar-refractivity contribution is 0.408. The van der Waals surface area contributed by atoms with Gasteiger partial charge in [-0.3, -0.25) is 5.10 Å². The fourth-order valence-corrected chi connectivity index (χ4v) is 3.80. The average molecular weight is 357 g/mol. The molecule has 7 heteroatoms. The van der Waals surface area contributed by atoms with E-state index < -0.39 is 10.0 Å². The zero-order valence-electron chi connectivity index (χ0n) is 14.2. The number of primary sulfonamides is 1. The Morgan fingerprint density at radius 2 is 1.72 bits per heavy atom. The number of aromatic nitrogens is 2. The van der Waals surface area contributed by atoms with Gasteiger partial charge in [0.1, 0.15) is 5.75 Å². The summed E-state index contributed by atoms with van der Waals surface area (Å²) in [7, 11) is -2.21. The summed E-state index contributed by atoms with van der Waals surface area (Å²) < 4.78 is 29.2. The van der Waals surface area contributed by atoms with E-state index in [1.54, 1.807) is 31.5 Å². The average Bonchev–Trinajstić information content (AvgIpc) is 3.03. The van der Waals surface area contributed by atoms with Crippen LogP contribution in [0.4, 0.5) is 0 Å². The summed E-state index contributed by atoms with van der Waals surface area (Å²) in [4.78, 5) is 0.0578. The number of aryl methyl sites for hydroxylation is 2. The number of hydrogen-bond acceptors (Lipinski definition) is 4. The molecule has 0 aliphatic heterocycles. The van der Waals surface area contributed by atoms with E-state index in [9.17, 15) is 8.42 Å². The Bertz CT molecular complexity index is 1020. The molecule has 1 heterocycles. The first-order valence-electron chi connectivity index (χ1n) is 7.64. The second-order valence-electron chi connectivity index (χ2n) is 5.84. The van der Waals surface area contributed by atoms with Gasteiger partial charge in [-0.05, 0) is 48.7 Å². The number of rotatable bonds is 4. The van der Waals surface area contributed by atoms with Crippen molar-refractivity contribution in [1.82, 2.24) is 10.2 Å². The summed E-state index contributed by atoms with van der Waals surface area (Å²) in [5.41, 5.74) is 4.79. The minimum atomic E-state index is -3.85. The molecule has 25 heavy (non-hydrogen) atoms. The smallest absolute Gasteiger partial charge is 0.238 e. The first-order chi connectivity index (χ1) is 11.8. The lowest BCUT2D eigenvalue weighted by atomic mass is 9.97. The summed E-state index contributed by atoms with van der Waals surface area (Å²) >= 11 is 0. The summed E-state index contributed by atoms with van der Waals surface area (Å²) in [6.45, 7) is 3.93. The maximum absolute atomic E-state index is 11.9. The van der Waals surface area contributed by atoms with Gasteiger partial charge in [0.25, 0.3) is 0 Å². The van der Waals surface area contributed by atoms with Crippen LogP contribution in [0.1, 0.15) is 11.1 Å². The third-order valence-electron chi connectivity index (χ3n) is 4.08. The maximum atomic E-state index is 11.9. The highest BCUT2D eigenvalue weighted by Crippen LogP contribution is 2.36. The summed E-state index contributed by atoms with van der Waals surface area (Å²) in [5.74, 6) is 0.832. The molecule has 3 aromatic rings. The van der Waals surface area contributed by atoms with Crippen molar-refractivity contribution in [2.45, 2.75) is 18.7 Å². The molecule has 1 aromatic heterocycles. The number of nitrogens with two attached hydrogens (primary N) is 1. The quantitative estimate of drug-likeness (QED) is 0.750. The predicted octanol–water partition coefficient (Wildman–Crippen LogP) is 3.02. The highest BCUT2D eigenvalue weighted by atomic mass is 32.2. The normalized spacial score (nSPS) is 11.5. The molecule has 0 atom stereocenters. The third-order valence-corrected chi connectivity index (χ3v) is 5.05. The lowest BCUT2D eigenvalue weighted by Crippen LogP contribution is -2.13. The molecule has 3 rings (SSSR count). The standard InChI is InChI=1S/C18H19N3O3S/c1-11-8-13(9-12(2)18(11)24-3)15-10-20-21-17(15)14-6-4-5-7-16(14)25(19,22)23/h4-10H,1-3H3,(H,20,21)(H2,19,22,23). The molecule has 130 valence electrons. The Morgan fingerprint density at radius 1 is 1.08 bits per heavy atom. The number of sulfonamides is 1. The van der Waals surface area contributed by atoms with E-state index in [1.807, 2.05) is 26.0 Å². The van der Waals surface area contributed by atoms with E-state index in [-0.39, 0.29) is 4.90 Å². The van der Waals surface area contributed by atoms with Crippen molar-refractivity contribution in [3.8, 4) is 28.1 Å². The van der Waals surface area contributed by atoms with Crippen LogP contribution in [-0.4, -0.2) is 25.7 Å². The molecule has 0 fully saturated rings. The van der Waals surface area contributed by atoms with Crippen LogP contribution in [0.2, 0.25) is 0 Å². The van der Waals surface area contributed by atoms with Gasteiger partial charge in [-0.1, -0.05) is 18.2 Å². The fraction of sp³-hybridized carbons (Fsp3) is 0.167. The van der Waals surface area contributed by atoms with Crippen LogP contribution in [0.25, 0.3) is 22.4 Å². The summed E-state index contributed by atoms with van der Waals surface area (Å²) in [6.07, 6.45) is 1.68. The van der Waals surface area contributed by atoms with Gasteiger partial charge in [0.05, 0.1) is 23.9 Å². The minimum absolute atomic E-state index is 0.0578. The molecule has 0 aliphatic rings. The van der Waals surface area contributed by atoms with Crippen LogP contribution in [-0.2, 0) is 10.0 Å². The highest BCUT2D eigenvalue weighted by molar-refractivity contribution is 7.89. The van der Waals surface area contributed by atoms with Crippen molar-refractivity contribution < 1.29 is 13.2 Å². The monoisotopic (exact) mass is 357 g/mol. The van der Waals surface area contributed by atoms with Gasteiger partial charge < -0.3 is 4.74 Å². The molecule has 2 aromatic carbocycles. The lowest BCUT2D eigenvalue weighted by Gasteiger charge is -2.12. The number of aromatic amines is 1. The number of H-pyrrole nitrogens is 1. The number of benzene rings is 2. The van der Waals surface area contributed by atoms with Gasteiger partial charge in [0, 0.05) is 11.1 Å². The Balaban J connectivity index is 2.22. The highest BCUT2D eigenvalue weighted by Gasteiger charge is 2.19. The molecule has 3 N–H and O–H groups in total. The van der Waals surface area contributed by atoms with Crippen molar-refractivity contribution in [3.05, 3.63) is 53.7 Å². The van der Waals surface area contributed by atoms with E-state index in [0.29, 0.717) is 11.3 Å². The molecule has 0 saturated heterocycles. The largest absolute Gasteiger partial charge is 0.496 e. The molecule has 0 saturated carbocycles. The summed E-state index contributed by atoms with van der Waals surface area (Å²) in [5, 5.41) is 12.4. The number of hydrogen-bond donors (Lipinski definition) is 2. The molecular formula is C18H19N3O3S. The van der Waals surface area contributed by atoms with Crippen LogP contribution in [0.5, 0.6) is 5.75 Å². The van der Waals surface area contributed by atoms with Crippen LogP contribution < -0.4 is 9.88 Å². The predicted molar refractivity (Wildman–Crippen MR) is 96.9 cm³/mol. The Hall–Kier alpha value is -2.64. The molecule has 6 nitrogen and oxygen atoms in total. The minimum Gasteiger partial charge on any atom is -0.496 e. The first-order valence-corrected chi connectivity index (χ1v) is 9.18. The number of nitrogens with zero attached hydrogens (tertiary/aromatic N) is 1. The van der Waals surface area contributed by atoms with E-state index >= 15 is 0 Å². The summed E-state index contributed by atoms with van der Waals surface area (Å²) in [6, 6.07) is 10.6. The molecule has 0 radical (unpaired) electrons. The SMILES string of the molecule is COc1c(C)cc(-c2cn[nH]c2-c2ccccc2S(N)(=O)=O)cc1C. The fourth-order valence-electron chi connectivity index (χ4n) is 3.06. The zero-order chi connectivity index (χ0) is 18.2. The van der Waals surface area contributed by atoms with E-state index in [0.717, 1.165) is 28.0 Å². The zero-order valence-corrected chi connectivity index (χ0v) is 15.0. The van der Waals surface area contributed by atoms with Crippen molar-refractivity contribution in [2.75, 3.05) is 7.11 Å². The number of ether oxygens (including phenoxy) is 1. The van der Waals surface area contributed by atoms with Gasteiger partial charge in [-0.25, -0.2) is 13.6 Å². The van der Waals surface area contributed by atoms with Crippen molar-refractivity contribution in [1.29, 1.82) is 0 Å². The van der Waals surface area contributed by atoms with Gasteiger partial charge in [0.15, 0.2) is 0 Å². The first kappa shape index (κ1) is 17.2. The van der Waals surface area contributed by atoms with Crippen LogP contribution >= 0.6 is 0 Å². The van der Waals surface area contributed by atoms with Gasteiger partial charge in [0.2, 0.25) is 10.0 Å². The van der Waals surface area contributed by atoms with Crippen molar-refractivity contribution in [2.24, 2.45) is 5.14 Å². The number of methoxy groups -OCH3 is 1. The Labute approximate surface area is 146 Å². The van der Waals surface area contributed by atoms with Gasteiger partial charge >= 0.3 is 0 Å². The second kappa shape index (κ2) is 6.34. The Kier molecular flexibility index (Phi) is 4.36. The van der Waals surface area contributed by atoms with Crippen LogP contribution in [0.15, 0.2) is 47.5 Å². The van der Waals surface area contributed by atoms with Gasteiger partial charge in [-0.15, -0.1) is 0 Å². The van der Waals surface area contributed by atoms with Gasteiger partial charge in [-0.2, -0.15) is 5.10 Å².